The van der Waals surface area contributed by atoms with Gasteiger partial charge in [-0.2, -0.15) is 0 Å². The number of ether oxygens (including phenoxy) is 1. The first kappa shape index (κ1) is 16.9. The molecule has 0 spiro atoms. The van der Waals surface area contributed by atoms with Crippen LogP contribution in [-0.2, 0) is 0 Å². The Morgan fingerprint density at radius 2 is 1.90 bits per heavy atom. The smallest absolute Gasteiger partial charge is 0.126 e. The summed E-state index contributed by atoms with van der Waals surface area (Å²) in [5.74, 6) is 4.48. The Morgan fingerprint density at radius 1 is 1.25 bits per heavy atom. The second-order valence-electron chi connectivity index (χ2n) is 5.39. The van der Waals surface area contributed by atoms with E-state index in [1.807, 2.05) is 19.1 Å². The minimum absolute atomic E-state index is 0.322. The van der Waals surface area contributed by atoms with Crippen LogP contribution in [0.2, 0.25) is 5.02 Å². The van der Waals surface area contributed by atoms with Gasteiger partial charge in [-0.15, -0.1) is 12.3 Å². The van der Waals surface area contributed by atoms with Gasteiger partial charge in [-0.05, 0) is 48.4 Å². The maximum Gasteiger partial charge on any atom is 0.126 e. The molecule has 0 fully saturated rings. The molecule has 0 N–H and O–H groups in total. The second kappa shape index (κ2) is 8.22. The predicted molar refractivity (Wildman–Crippen MR) is 87.8 cm³/mol. The van der Waals surface area contributed by atoms with E-state index in [0.29, 0.717) is 18.4 Å². The molecule has 2 heteroatoms. The lowest BCUT2D eigenvalue weighted by molar-refractivity contribution is 0.328. The first-order valence-electron chi connectivity index (χ1n) is 7.44. The van der Waals surface area contributed by atoms with Gasteiger partial charge in [-0.3, -0.25) is 0 Å². The third-order valence-corrected chi connectivity index (χ3v) is 3.68. The molecule has 0 saturated heterocycles. The molecule has 0 aliphatic carbocycles. The summed E-state index contributed by atoms with van der Waals surface area (Å²) in [6.45, 7) is 9.17. The third kappa shape index (κ3) is 4.18. The molecule has 0 saturated carbocycles. The zero-order chi connectivity index (χ0) is 15.1. The van der Waals surface area contributed by atoms with E-state index in [1.165, 1.54) is 11.1 Å². The molecule has 1 nitrogen and oxygen atoms in total. The lowest BCUT2D eigenvalue weighted by atomic mass is 9.87. The van der Waals surface area contributed by atoms with E-state index in [4.69, 9.17) is 22.8 Å². The van der Waals surface area contributed by atoms with Crippen molar-refractivity contribution in [3.8, 4) is 18.1 Å². The Labute approximate surface area is 128 Å². The Kier molecular flexibility index (Phi) is 6.96. The van der Waals surface area contributed by atoms with Crippen molar-refractivity contribution in [3.63, 3.8) is 0 Å². The molecule has 0 aliphatic rings. The number of terminal acetylenes is 1. The molecule has 0 heterocycles. The largest absolute Gasteiger partial charge is 0.493 e. The van der Waals surface area contributed by atoms with E-state index in [-0.39, 0.29) is 0 Å². The summed E-state index contributed by atoms with van der Waals surface area (Å²) >= 11 is 6.30. The average molecular weight is 293 g/mol. The van der Waals surface area contributed by atoms with Crippen molar-refractivity contribution in [2.24, 2.45) is 0 Å². The SMILES string of the molecule is C#CCC(CCC)c1cc(Cl)cc(C(C)C)c1OCC. The van der Waals surface area contributed by atoms with Crippen molar-refractivity contribution >= 4 is 11.6 Å². The van der Waals surface area contributed by atoms with Crippen molar-refractivity contribution in [1.29, 1.82) is 0 Å². The molecule has 1 aromatic carbocycles. The van der Waals surface area contributed by atoms with Gasteiger partial charge in [0.1, 0.15) is 5.75 Å². The fourth-order valence-corrected chi connectivity index (χ4v) is 2.77. The summed E-state index contributed by atoms with van der Waals surface area (Å²) in [6.07, 6.45) is 8.42. The quantitative estimate of drug-likeness (QED) is 0.580. The van der Waals surface area contributed by atoms with Gasteiger partial charge in [0.05, 0.1) is 6.61 Å². The van der Waals surface area contributed by atoms with Gasteiger partial charge in [-0.25, -0.2) is 0 Å². The molecule has 20 heavy (non-hydrogen) atoms. The van der Waals surface area contributed by atoms with Crippen LogP contribution in [0.4, 0.5) is 0 Å². The van der Waals surface area contributed by atoms with Crippen molar-refractivity contribution in [2.45, 2.75) is 58.8 Å². The highest BCUT2D eigenvalue weighted by Crippen LogP contribution is 2.40. The summed E-state index contributed by atoms with van der Waals surface area (Å²) in [7, 11) is 0. The van der Waals surface area contributed by atoms with E-state index >= 15 is 0 Å². The third-order valence-electron chi connectivity index (χ3n) is 3.46. The minimum atomic E-state index is 0.322. The van der Waals surface area contributed by atoms with E-state index in [9.17, 15) is 0 Å². The molecule has 1 aromatic rings. The van der Waals surface area contributed by atoms with Crippen molar-refractivity contribution in [1.82, 2.24) is 0 Å². The summed E-state index contributed by atoms with van der Waals surface area (Å²) < 4.78 is 5.93. The van der Waals surface area contributed by atoms with E-state index in [0.717, 1.165) is 30.0 Å². The van der Waals surface area contributed by atoms with Gasteiger partial charge in [0.2, 0.25) is 0 Å². The molecule has 1 rings (SSSR count). The number of rotatable bonds is 7. The van der Waals surface area contributed by atoms with Crippen LogP contribution in [0.15, 0.2) is 12.1 Å². The average Bonchev–Trinajstić information content (AvgIpc) is 2.40. The van der Waals surface area contributed by atoms with Gasteiger partial charge in [0.25, 0.3) is 0 Å². The molecule has 1 unspecified atom stereocenters. The van der Waals surface area contributed by atoms with E-state index in [2.05, 4.69) is 26.7 Å². The van der Waals surface area contributed by atoms with E-state index in [1.54, 1.807) is 0 Å². The maximum absolute atomic E-state index is 6.30. The van der Waals surface area contributed by atoms with Crippen LogP contribution in [0.25, 0.3) is 0 Å². The van der Waals surface area contributed by atoms with Gasteiger partial charge in [0, 0.05) is 11.4 Å². The fraction of sp³-hybridized carbons (Fsp3) is 0.556. The van der Waals surface area contributed by atoms with Crippen molar-refractivity contribution in [3.05, 3.63) is 28.3 Å². The first-order chi connectivity index (χ1) is 9.54. The van der Waals surface area contributed by atoms with Crippen LogP contribution < -0.4 is 4.74 Å². The Morgan fingerprint density at radius 3 is 2.40 bits per heavy atom. The number of hydrogen-bond acceptors (Lipinski definition) is 1. The second-order valence-corrected chi connectivity index (χ2v) is 5.83. The Balaban J connectivity index is 3.37. The van der Waals surface area contributed by atoms with Crippen molar-refractivity contribution in [2.75, 3.05) is 6.61 Å². The summed E-state index contributed by atoms with van der Waals surface area (Å²) in [6, 6.07) is 4.04. The highest BCUT2D eigenvalue weighted by molar-refractivity contribution is 6.30. The lowest BCUT2D eigenvalue weighted by Crippen LogP contribution is -2.07. The van der Waals surface area contributed by atoms with Gasteiger partial charge < -0.3 is 4.74 Å². The summed E-state index contributed by atoms with van der Waals surface area (Å²) in [5.41, 5.74) is 2.34. The molecular weight excluding hydrogens is 268 g/mol. The lowest BCUT2D eigenvalue weighted by Gasteiger charge is -2.23. The van der Waals surface area contributed by atoms with Crippen LogP contribution in [0.5, 0.6) is 5.75 Å². The predicted octanol–water partition coefficient (Wildman–Crippen LogP) is 5.77. The maximum atomic E-state index is 6.30. The van der Waals surface area contributed by atoms with Crippen LogP contribution in [0.1, 0.15) is 69.9 Å². The summed E-state index contributed by atoms with van der Waals surface area (Å²) in [4.78, 5) is 0. The summed E-state index contributed by atoms with van der Waals surface area (Å²) in [5, 5.41) is 0.769. The fourth-order valence-electron chi connectivity index (χ4n) is 2.54. The van der Waals surface area contributed by atoms with Gasteiger partial charge in [0.15, 0.2) is 0 Å². The topological polar surface area (TPSA) is 9.23 Å². The zero-order valence-electron chi connectivity index (χ0n) is 13.0. The monoisotopic (exact) mass is 292 g/mol. The van der Waals surface area contributed by atoms with Crippen molar-refractivity contribution < 1.29 is 4.74 Å². The Bertz CT molecular complexity index is 471. The standard InChI is InChI=1S/C18H25ClO/c1-6-9-14(10-7-2)17-12-15(19)11-16(13(4)5)18(17)20-8-3/h1,11-14H,7-10H2,2-5H3. The minimum Gasteiger partial charge on any atom is -0.493 e. The van der Waals surface area contributed by atoms with Crippen LogP contribution in [0.3, 0.4) is 0 Å². The molecular formula is C18H25ClO. The molecule has 0 radical (unpaired) electrons. The normalized spacial score (nSPS) is 12.2. The first-order valence-corrected chi connectivity index (χ1v) is 7.82. The van der Waals surface area contributed by atoms with Crippen LogP contribution in [-0.4, -0.2) is 6.61 Å². The highest BCUT2D eigenvalue weighted by Gasteiger charge is 2.20. The highest BCUT2D eigenvalue weighted by atomic mass is 35.5. The molecule has 110 valence electrons. The number of benzene rings is 1. The van der Waals surface area contributed by atoms with Crippen LogP contribution in [0, 0.1) is 12.3 Å². The van der Waals surface area contributed by atoms with Gasteiger partial charge in [-0.1, -0.05) is 38.8 Å². The number of halogens is 1. The van der Waals surface area contributed by atoms with E-state index < -0.39 is 0 Å². The van der Waals surface area contributed by atoms with Gasteiger partial charge >= 0.3 is 0 Å². The number of hydrogen-bond donors (Lipinski definition) is 0. The molecule has 1 atom stereocenters. The molecule has 0 aliphatic heterocycles. The van der Waals surface area contributed by atoms with Crippen LogP contribution >= 0.6 is 11.6 Å². The Hall–Kier alpha value is -1.13. The molecule has 0 aromatic heterocycles. The zero-order valence-corrected chi connectivity index (χ0v) is 13.8. The molecule has 0 bridgehead atoms. The molecule has 0 amide bonds.